The lowest BCUT2D eigenvalue weighted by Gasteiger charge is -2.40. The molecule has 0 aliphatic carbocycles. The highest BCUT2D eigenvalue weighted by atomic mass is 15.1. The molecule has 0 saturated heterocycles. The van der Waals surface area contributed by atoms with Crippen molar-refractivity contribution < 1.29 is 0 Å². The molecule has 0 radical (unpaired) electrons. The number of rotatable bonds is 3. The Labute approximate surface area is 165 Å². The van der Waals surface area contributed by atoms with Crippen LogP contribution in [0.15, 0.2) is 30.3 Å². The molecule has 0 bridgehead atoms. The Balaban J connectivity index is 1.50. The minimum absolute atomic E-state index is 0.232. The van der Waals surface area contributed by atoms with Crippen LogP contribution in [0.2, 0.25) is 0 Å². The monoisotopic (exact) mass is 362 g/mol. The van der Waals surface area contributed by atoms with Gasteiger partial charge in [-0.25, -0.2) is 0 Å². The zero-order chi connectivity index (χ0) is 19.2. The van der Waals surface area contributed by atoms with E-state index in [9.17, 15) is 0 Å². The van der Waals surface area contributed by atoms with Crippen molar-refractivity contribution in [1.29, 1.82) is 0 Å². The van der Waals surface area contributed by atoms with Gasteiger partial charge in [0.05, 0.1) is 0 Å². The minimum Gasteiger partial charge on any atom is -0.302 e. The molecule has 2 nitrogen and oxygen atoms in total. The Bertz CT molecular complexity index is 850. The summed E-state index contributed by atoms with van der Waals surface area (Å²) in [5.74, 6) is 0. The van der Waals surface area contributed by atoms with E-state index in [1.165, 1.54) is 40.8 Å². The third-order valence-corrected chi connectivity index (χ3v) is 6.53. The van der Waals surface area contributed by atoms with Crippen LogP contribution in [-0.4, -0.2) is 36.5 Å². The van der Waals surface area contributed by atoms with Crippen molar-refractivity contribution in [3.8, 4) is 0 Å². The molecule has 0 spiro atoms. The number of nitrogens with zero attached hydrogens (tertiary/aromatic N) is 2. The first-order valence-corrected chi connectivity index (χ1v) is 10.4. The largest absolute Gasteiger partial charge is 0.302 e. The molecule has 0 fully saturated rings. The van der Waals surface area contributed by atoms with E-state index in [0.717, 1.165) is 32.6 Å². The summed E-state index contributed by atoms with van der Waals surface area (Å²) in [5.41, 5.74) is 10.8. The molecule has 2 aliphatic rings. The second-order valence-electron chi connectivity index (χ2n) is 9.54. The molecule has 27 heavy (non-hydrogen) atoms. The quantitative estimate of drug-likeness (QED) is 0.786. The SMILES string of the molecule is Cc1ccc2c(c1)CN(CCc1cc(C)c3c(c1)CN(C)CC3)CC2(C)C. The number of hydrogen-bond acceptors (Lipinski definition) is 2. The van der Waals surface area contributed by atoms with E-state index < -0.39 is 0 Å². The van der Waals surface area contributed by atoms with E-state index >= 15 is 0 Å². The summed E-state index contributed by atoms with van der Waals surface area (Å²) in [6, 6.07) is 11.9. The summed E-state index contributed by atoms with van der Waals surface area (Å²) >= 11 is 0. The maximum atomic E-state index is 2.66. The van der Waals surface area contributed by atoms with Gasteiger partial charge in [0.1, 0.15) is 0 Å². The van der Waals surface area contributed by atoms with Gasteiger partial charge in [0.2, 0.25) is 0 Å². The number of benzene rings is 2. The van der Waals surface area contributed by atoms with Crippen molar-refractivity contribution in [2.24, 2.45) is 0 Å². The molecule has 0 amide bonds. The van der Waals surface area contributed by atoms with Crippen molar-refractivity contribution in [1.82, 2.24) is 9.80 Å². The molecule has 2 heteroatoms. The Morgan fingerprint density at radius 1 is 1.00 bits per heavy atom. The van der Waals surface area contributed by atoms with Crippen LogP contribution in [0, 0.1) is 13.8 Å². The van der Waals surface area contributed by atoms with Gasteiger partial charge in [-0.3, -0.25) is 4.90 Å². The lowest BCUT2D eigenvalue weighted by atomic mass is 9.78. The molecule has 2 aromatic carbocycles. The second kappa shape index (κ2) is 7.07. The van der Waals surface area contributed by atoms with Crippen molar-refractivity contribution in [2.45, 2.75) is 59.0 Å². The fourth-order valence-electron chi connectivity index (χ4n) is 5.19. The average Bonchev–Trinajstić information content (AvgIpc) is 2.58. The average molecular weight is 363 g/mol. The van der Waals surface area contributed by atoms with Gasteiger partial charge < -0.3 is 4.90 Å². The molecule has 0 N–H and O–H groups in total. The fourth-order valence-corrected chi connectivity index (χ4v) is 5.19. The molecule has 2 aliphatic heterocycles. The smallest absolute Gasteiger partial charge is 0.0237 e. The van der Waals surface area contributed by atoms with E-state index in [1.807, 2.05) is 0 Å². The lowest BCUT2D eigenvalue weighted by molar-refractivity contribution is 0.196. The second-order valence-corrected chi connectivity index (χ2v) is 9.54. The maximum absolute atomic E-state index is 2.66. The Morgan fingerprint density at radius 3 is 2.63 bits per heavy atom. The summed E-state index contributed by atoms with van der Waals surface area (Å²) in [6.07, 6.45) is 2.35. The minimum atomic E-state index is 0.232. The zero-order valence-corrected chi connectivity index (χ0v) is 17.7. The van der Waals surface area contributed by atoms with Crippen molar-refractivity contribution in [2.75, 3.05) is 26.7 Å². The fraction of sp³-hybridized carbons (Fsp3) is 0.520. The molecule has 0 aromatic heterocycles. The normalized spacial score (nSPS) is 19.6. The molecular weight excluding hydrogens is 328 g/mol. The molecule has 0 saturated carbocycles. The molecular formula is C25H34N2. The standard InChI is InChI=1S/C25H34N2/c1-18-6-7-24-22(12-18)16-27(17-25(24,3)4)11-8-20-13-19(2)23-9-10-26(5)15-21(23)14-20/h6-7,12-14H,8-11,15-17H2,1-5H3. The van der Waals surface area contributed by atoms with Crippen LogP contribution >= 0.6 is 0 Å². The van der Waals surface area contributed by atoms with Crippen LogP contribution in [-0.2, 0) is 31.3 Å². The predicted molar refractivity (Wildman–Crippen MR) is 114 cm³/mol. The summed E-state index contributed by atoms with van der Waals surface area (Å²) in [6.45, 7) is 15.0. The van der Waals surface area contributed by atoms with Gasteiger partial charge in [-0.15, -0.1) is 0 Å². The summed E-state index contributed by atoms with van der Waals surface area (Å²) < 4.78 is 0. The van der Waals surface area contributed by atoms with E-state index in [4.69, 9.17) is 0 Å². The molecule has 4 rings (SSSR count). The topological polar surface area (TPSA) is 6.48 Å². The lowest BCUT2D eigenvalue weighted by Crippen LogP contribution is -2.42. The molecule has 0 atom stereocenters. The third-order valence-electron chi connectivity index (χ3n) is 6.53. The highest BCUT2D eigenvalue weighted by molar-refractivity contribution is 5.41. The van der Waals surface area contributed by atoms with Gasteiger partial charge >= 0.3 is 0 Å². The van der Waals surface area contributed by atoms with Crippen LogP contribution in [0.3, 0.4) is 0 Å². The Kier molecular flexibility index (Phi) is 4.90. The van der Waals surface area contributed by atoms with E-state index in [2.05, 4.69) is 74.9 Å². The number of hydrogen-bond donors (Lipinski definition) is 0. The number of fused-ring (bicyclic) bond motifs is 2. The number of likely N-dealkylation sites (N-methyl/N-ethyl adjacent to an activating group) is 1. The number of aryl methyl sites for hydroxylation is 2. The van der Waals surface area contributed by atoms with Gasteiger partial charge in [-0.2, -0.15) is 0 Å². The van der Waals surface area contributed by atoms with E-state index in [-0.39, 0.29) is 5.41 Å². The van der Waals surface area contributed by atoms with E-state index in [0.29, 0.717) is 0 Å². The van der Waals surface area contributed by atoms with Crippen LogP contribution in [0.5, 0.6) is 0 Å². The van der Waals surface area contributed by atoms with Gasteiger partial charge in [0.25, 0.3) is 0 Å². The first kappa shape index (κ1) is 18.7. The Hall–Kier alpha value is -1.64. The Morgan fingerprint density at radius 2 is 1.81 bits per heavy atom. The highest BCUT2D eigenvalue weighted by Crippen LogP contribution is 2.34. The zero-order valence-electron chi connectivity index (χ0n) is 17.7. The van der Waals surface area contributed by atoms with Crippen LogP contribution < -0.4 is 0 Å². The molecule has 2 heterocycles. The van der Waals surface area contributed by atoms with Gasteiger partial charge in [-0.05, 0) is 67.1 Å². The van der Waals surface area contributed by atoms with Gasteiger partial charge in [0, 0.05) is 38.1 Å². The summed E-state index contributed by atoms with van der Waals surface area (Å²) in [5, 5.41) is 0. The van der Waals surface area contributed by atoms with Crippen molar-refractivity contribution in [3.05, 3.63) is 69.3 Å². The first-order valence-electron chi connectivity index (χ1n) is 10.4. The maximum Gasteiger partial charge on any atom is 0.0237 e. The molecule has 0 unspecified atom stereocenters. The van der Waals surface area contributed by atoms with Gasteiger partial charge in [0.15, 0.2) is 0 Å². The van der Waals surface area contributed by atoms with Crippen molar-refractivity contribution in [3.63, 3.8) is 0 Å². The van der Waals surface area contributed by atoms with E-state index in [1.54, 1.807) is 11.1 Å². The molecule has 144 valence electrons. The first-order chi connectivity index (χ1) is 12.8. The summed E-state index contributed by atoms with van der Waals surface area (Å²) in [7, 11) is 2.24. The predicted octanol–water partition coefficient (Wildman–Crippen LogP) is 4.63. The third kappa shape index (κ3) is 3.83. The summed E-state index contributed by atoms with van der Waals surface area (Å²) in [4.78, 5) is 5.10. The highest BCUT2D eigenvalue weighted by Gasteiger charge is 2.31. The van der Waals surface area contributed by atoms with Crippen LogP contribution in [0.1, 0.15) is 52.8 Å². The van der Waals surface area contributed by atoms with Crippen LogP contribution in [0.4, 0.5) is 0 Å². The van der Waals surface area contributed by atoms with Crippen LogP contribution in [0.25, 0.3) is 0 Å². The van der Waals surface area contributed by atoms with Gasteiger partial charge in [-0.1, -0.05) is 49.7 Å². The van der Waals surface area contributed by atoms with Crippen molar-refractivity contribution >= 4 is 0 Å². The molecule has 2 aromatic rings.